The van der Waals surface area contributed by atoms with Gasteiger partial charge in [0.05, 0.1) is 0 Å². The number of hydrogen-bond donors (Lipinski definition) is 2. The molecule has 0 spiro atoms. The number of pyridine rings is 2. The van der Waals surface area contributed by atoms with E-state index in [1.54, 1.807) is 12.4 Å². The van der Waals surface area contributed by atoms with E-state index in [0.717, 1.165) is 11.1 Å². The third kappa shape index (κ3) is 10.8. The number of nitrogens with zero attached hydrogens (tertiary/aromatic N) is 2. The number of anilines is 2. The molecule has 0 bridgehead atoms. The maximum absolute atomic E-state index is 5.35. The molecule has 0 aliphatic rings. The van der Waals surface area contributed by atoms with E-state index in [-0.39, 0.29) is 0 Å². The van der Waals surface area contributed by atoms with Crippen molar-refractivity contribution in [3.05, 3.63) is 47.8 Å². The Bertz CT molecular complexity index is 405. The number of aromatic nitrogens is 2. The van der Waals surface area contributed by atoms with Gasteiger partial charge in [-0.15, -0.1) is 0 Å². The molecule has 7 heteroatoms. The summed E-state index contributed by atoms with van der Waals surface area (Å²) >= 11 is -0.472. The molecule has 0 aromatic carbocycles. The Hall–Kier alpha value is -0.832. The Morgan fingerprint density at radius 3 is 1.37 bits per heavy atom. The molecule has 4 N–H and O–H groups in total. The SMILES string of the molecule is Cc1ccnc(N)c1.Cc1ccnc(N)c1.[Cl][Pt][Cl]. The van der Waals surface area contributed by atoms with Crippen LogP contribution in [0.2, 0.25) is 0 Å². The average Bonchev–Trinajstić information content (AvgIpc) is 2.30. The topological polar surface area (TPSA) is 77.8 Å². The first-order valence-electron chi connectivity index (χ1n) is 5.18. The van der Waals surface area contributed by atoms with Crippen LogP contribution < -0.4 is 11.5 Å². The molecule has 2 aromatic heterocycles. The first kappa shape index (κ1) is 18.2. The first-order valence-corrected chi connectivity index (χ1v) is 10.8. The predicted molar refractivity (Wildman–Crippen MR) is 78.5 cm³/mol. The van der Waals surface area contributed by atoms with Crippen LogP contribution in [0, 0.1) is 13.8 Å². The second kappa shape index (κ2) is 11.0. The molecular weight excluding hydrogens is 466 g/mol. The molecule has 0 aliphatic carbocycles. The van der Waals surface area contributed by atoms with Crippen molar-refractivity contribution in [2.24, 2.45) is 0 Å². The summed E-state index contributed by atoms with van der Waals surface area (Å²) in [6.45, 7) is 3.97. The summed E-state index contributed by atoms with van der Waals surface area (Å²) in [5.74, 6) is 1.18. The standard InChI is InChI=1S/2C6H8N2.2ClH.Pt/c2*1-5-2-3-8-6(7)4-5;;;/h2*2-4H,1H3,(H2,7,8);2*1H;/q;;;;+2/p-2. The summed E-state index contributed by atoms with van der Waals surface area (Å²) in [7, 11) is 9.75. The van der Waals surface area contributed by atoms with Crippen molar-refractivity contribution in [3.63, 3.8) is 0 Å². The van der Waals surface area contributed by atoms with E-state index >= 15 is 0 Å². The van der Waals surface area contributed by atoms with Crippen LogP contribution in [-0.2, 0) is 16.5 Å². The molecule has 4 nitrogen and oxygen atoms in total. The van der Waals surface area contributed by atoms with Crippen molar-refractivity contribution < 1.29 is 16.5 Å². The van der Waals surface area contributed by atoms with Gasteiger partial charge >= 0.3 is 35.3 Å². The number of nitrogens with two attached hydrogens (primary N) is 2. The van der Waals surface area contributed by atoms with E-state index in [0.29, 0.717) is 11.6 Å². The zero-order valence-corrected chi connectivity index (χ0v) is 14.4. The third-order valence-corrected chi connectivity index (χ3v) is 1.87. The van der Waals surface area contributed by atoms with E-state index in [4.69, 9.17) is 30.3 Å². The monoisotopic (exact) mass is 481 g/mol. The van der Waals surface area contributed by atoms with Crippen molar-refractivity contribution in [3.8, 4) is 0 Å². The van der Waals surface area contributed by atoms with Gasteiger partial charge in [0.15, 0.2) is 0 Å². The van der Waals surface area contributed by atoms with Gasteiger partial charge in [-0.05, 0) is 49.2 Å². The second-order valence-corrected chi connectivity index (χ2v) is 6.84. The second-order valence-electron chi connectivity index (χ2n) is 3.56. The fourth-order valence-corrected chi connectivity index (χ4v) is 1.12. The molecule has 0 aliphatic heterocycles. The molecule has 0 radical (unpaired) electrons. The predicted octanol–water partition coefficient (Wildman–Crippen LogP) is 3.32. The van der Waals surface area contributed by atoms with Crippen LogP contribution in [0.1, 0.15) is 11.1 Å². The Kier molecular flexibility index (Phi) is 10.6. The third-order valence-electron chi connectivity index (χ3n) is 1.87. The van der Waals surface area contributed by atoms with Gasteiger partial charge in [-0.3, -0.25) is 0 Å². The van der Waals surface area contributed by atoms with E-state index < -0.39 is 16.5 Å². The molecule has 108 valence electrons. The van der Waals surface area contributed by atoms with Gasteiger partial charge in [0.1, 0.15) is 11.6 Å². The van der Waals surface area contributed by atoms with Gasteiger partial charge in [-0.1, -0.05) is 0 Å². The van der Waals surface area contributed by atoms with Gasteiger partial charge in [-0.25, -0.2) is 9.97 Å². The average molecular weight is 482 g/mol. The molecule has 2 aromatic rings. The van der Waals surface area contributed by atoms with Gasteiger partial charge < -0.3 is 11.5 Å². The minimum absolute atomic E-state index is 0.472. The van der Waals surface area contributed by atoms with E-state index in [1.807, 2.05) is 38.1 Å². The van der Waals surface area contributed by atoms with Crippen LogP contribution in [-0.4, -0.2) is 9.97 Å². The fraction of sp³-hybridized carbons (Fsp3) is 0.167. The van der Waals surface area contributed by atoms with Crippen molar-refractivity contribution in [1.29, 1.82) is 0 Å². The van der Waals surface area contributed by atoms with Gasteiger partial charge in [-0.2, -0.15) is 0 Å². The molecule has 0 atom stereocenters. The van der Waals surface area contributed by atoms with Crippen molar-refractivity contribution >= 4 is 30.5 Å². The summed E-state index contributed by atoms with van der Waals surface area (Å²) in [5, 5.41) is 0. The molecule has 0 amide bonds. The number of aryl methyl sites for hydroxylation is 2. The van der Waals surface area contributed by atoms with Crippen LogP contribution in [0.15, 0.2) is 36.7 Å². The van der Waals surface area contributed by atoms with Crippen LogP contribution in [0.5, 0.6) is 0 Å². The quantitative estimate of drug-likeness (QED) is 0.604. The Morgan fingerprint density at radius 1 is 0.895 bits per heavy atom. The normalized spacial score (nSPS) is 8.84. The molecule has 0 fully saturated rings. The summed E-state index contributed by atoms with van der Waals surface area (Å²) in [5.41, 5.74) is 13.0. The van der Waals surface area contributed by atoms with Crippen molar-refractivity contribution in [2.75, 3.05) is 11.5 Å². The number of hydrogen-bond acceptors (Lipinski definition) is 4. The molecule has 0 saturated heterocycles. The zero-order chi connectivity index (χ0) is 14.7. The number of nitrogen functional groups attached to an aromatic ring is 2. The molecule has 2 rings (SSSR count). The van der Waals surface area contributed by atoms with Gasteiger partial charge in [0.2, 0.25) is 0 Å². The Labute approximate surface area is 129 Å². The van der Waals surface area contributed by atoms with Crippen LogP contribution in [0.3, 0.4) is 0 Å². The van der Waals surface area contributed by atoms with E-state index in [1.165, 1.54) is 0 Å². The summed E-state index contributed by atoms with van der Waals surface area (Å²) in [6.07, 6.45) is 3.40. The first-order chi connectivity index (χ1) is 8.99. The summed E-state index contributed by atoms with van der Waals surface area (Å²) < 4.78 is 0. The van der Waals surface area contributed by atoms with Crippen LogP contribution >= 0.6 is 18.8 Å². The van der Waals surface area contributed by atoms with E-state index in [2.05, 4.69) is 9.97 Å². The molecule has 0 unspecified atom stereocenters. The van der Waals surface area contributed by atoms with Gasteiger partial charge in [0.25, 0.3) is 0 Å². The van der Waals surface area contributed by atoms with Gasteiger partial charge in [0, 0.05) is 12.4 Å². The fourth-order valence-electron chi connectivity index (χ4n) is 1.12. The molecule has 0 saturated carbocycles. The molecular formula is C12H16Cl2N4Pt. The maximum atomic E-state index is 5.35. The number of rotatable bonds is 0. The molecule has 19 heavy (non-hydrogen) atoms. The van der Waals surface area contributed by atoms with Crippen LogP contribution in [0.4, 0.5) is 11.6 Å². The molecule has 2 heterocycles. The summed E-state index contributed by atoms with van der Waals surface area (Å²) in [6, 6.07) is 7.49. The Morgan fingerprint density at radius 2 is 1.21 bits per heavy atom. The van der Waals surface area contributed by atoms with Crippen molar-refractivity contribution in [1.82, 2.24) is 9.97 Å². The zero-order valence-electron chi connectivity index (χ0n) is 10.6. The summed E-state index contributed by atoms with van der Waals surface area (Å²) in [4.78, 5) is 7.64. The number of halogens is 2. The van der Waals surface area contributed by atoms with E-state index in [9.17, 15) is 0 Å². The Balaban J connectivity index is 0.000000284. The van der Waals surface area contributed by atoms with Crippen LogP contribution in [0.25, 0.3) is 0 Å². The van der Waals surface area contributed by atoms with Crippen molar-refractivity contribution in [2.45, 2.75) is 13.8 Å². The minimum atomic E-state index is -0.472.